The number of aliphatic hydroxyl groups is 1. The predicted octanol–water partition coefficient (Wildman–Crippen LogP) is 2.09. The van der Waals surface area contributed by atoms with E-state index in [0.717, 1.165) is 43.5 Å². The van der Waals surface area contributed by atoms with Crippen LogP contribution in [0.1, 0.15) is 24.8 Å². The summed E-state index contributed by atoms with van der Waals surface area (Å²) >= 11 is 0. The Hall–Kier alpha value is -1.42. The van der Waals surface area contributed by atoms with Crippen LogP contribution in [0.25, 0.3) is 0 Å². The van der Waals surface area contributed by atoms with Crippen molar-refractivity contribution >= 4 is 0 Å². The second-order valence-corrected chi connectivity index (χ2v) is 6.07. The van der Waals surface area contributed by atoms with Crippen LogP contribution < -0.4 is 11.1 Å². The van der Waals surface area contributed by atoms with Gasteiger partial charge in [-0.15, -0.1) is 0 Å². The van der Waals surface area contributed by atoms with E-state index >= 15 is 0 Å². The van der Waals surface area contributed by atoms with Crippen LogP contribution >= 0.6 is 0 Å². The standard InChI is InChI=1S/C18H24N2O/c19-17-8-6-15(7-9-17)18(21,14-4-2-1-3-5-14)16-10-12-20-13-11-16/h1-8,16-17,20-21H,9-13,19H2/t17-,18?/m0/s1. The molecule has 2 aliphatic rings. The molecule has 1 aromatic carbocycles. The van der Waals surface area contributed by atoms with Gasteiger partial charge in [-0.1, -0.05) is 48.6 Å². The fraction of sp³-hybridized carbons (Fsp3) is 0.444. The summed E-state index contributed by atoms with van der Waals surface area (Å²) in [7, 11) is 0. The highest BCUT2D eigenvalue weighted by Gasteiger charge is 2.41. The fourth-order valence-electron chi connectivity index (χ4n) is 3.49. The van der Waals surface area contributed by atoms with E-state index in [1.54, 1.807) is 0 Å². The molecule has 1 fully saturated rings. The molecule has 112 valence electrons. The topological polar surface area (TPSA) is 58.3 Å². The summed E-state index contributed by atoms with van der Waals surface area (Å²) in [6, 6.07) is 10.1. The molecule has 0 spiro atoms. The zero-order valence-electron chi connectivity index (χ0n) is 12.3. The van der Waals surface area contributed by atoms with Gasteiger partial charge in [-0.25, -0.2) is 0 Å². The molecule has 3 heteroatoms. The van der Waals surface area contributed by atoms with Crippen LogP contribution in [-0.2, 0) is 5.60 Å². The molecular formula is C18H24N2O. The second kappa shape index (κ2) is 6.14. The first kappa shape index (κ1) is 14.5. The summed E-state index contributed by atoms with van der Waals surface area (Å²) in [6.45, 7) is 1.94. The number of hydrogen-bond donors (Lipinski definition) is 3. The van der Waals surface area contributed by atoms with Crippen molar-refractivity contribution in [2.24, 2.45) is 11.7 Å². The second-order valence-electron chi connectivity index (χ2n) is 6.07. The molecule has 3 rings (SSSR count). The highest BCUT2D eigenvalue weighted by Crippen LogP contribution is 2.42. The zero-order valence-corrected chi connectivity index (χ0v) is 12.3. The highest BCUT2D eigenvalue weighted by atomic mass is 16.3. The molecule has 1 aliphatic carbocycles. The van der Waals surface area contributed by atoms with Gasteiger partial charge in [0.1, 0.15) is 5.60 Å². The van der Waals surface area contributed by atoms with Gasteiger partial charge in [0.15, 0.2) is 0 Å². The first-order valence-electron chi connectivity index (χ1n) is 7.84. The van der Waals surface area contributed by atoms with Gasteiger partial charge < -0.3 is 16.2 Å². The van der Waals surface area contributed by atoms with Crippen molar-refractivity contribution in [3.8, 4) is 0 Å². The summed E-state index contributed by atoms with van der Waals surface area (Å²) in [5.74, 6) is 0.242. The van der Waals surface area contributed by atoms with Crippen molar-refractivity contribution in [2.45, 2.75) is 30.9 Å². The number of hydrogen-bond acceptors (Lipinski definition) is 3. The Morgan fingerprint density at radius 1 is 1.14 bits per heavy atom. The number of nitrogens with one attached hydrogen (secondary N) is 1. The smallest absolute Gasteiger partial charge is 0.117 e. The van der Waals surface area contributed by atoms with Gasteiger partial charge in [-0.3, -0.25) is 0 Å². The van der Waals surface area contributed by atoms with Crippen molar-refractivity contribution in [2.75, 3.05) is 13.1 Å². The highest BCUT2D eigenvalue weighted by molar-refractivity contribution is 5.41. The van der Waals surface area contributed by atoms with E-state index < -0.39 is 5.60 Å². The third-order valence-electron chi connectivity index (χ3n) is 4.72. The molecule has 3 nitrogen and oxygen atoms in total. The number of nitrogens with two attached hydrogens (primary N) is 1. The van der Waals surface area contributed by atoms with E-state index in [1.807, 2.05) is 42.5 Å². The quantitative estimate of drug-likeness (QED) is 0.796. The Labute approximate surface area is 126 Å². The molecule has 2 atom stereocenters. The SMILES string of the molecule is N[C@H]1C=CC(C(O)(c2ccccc2)C2CCNCC2)=CC1. The lowest BCUT2D eigenvalue weighted by Crippen LogP contribution is -2.43. The maximum absolute atomic E-state index is 11.6. The monoisotopic (exact) mass is 284 g/mol. The van der Waals surface area contributed by atoms with E-state index in [9.17, 15) is 5.11 Å². The molecule has 1 aromatic rings. The lowest BCUT2D eigenvalue weighted by Gasteiger charge is -2.41. The van der Waals surface area contributed by atoms with Crippen LogP contribution in [0.4, 0.5) is 0 Å². The van der Waals surface area contributed by atoms with Gasteiger partial charge in [-0.2, -0.15) is 0 Å². The van der Waals surface area contributed by atoms with Crippen molar-refractivity contribution in [1.82, 2.24) is 5.32 Å². The van der Waals surface area contributed by atoms with E-state index in [2.05, 4.69) is 11.4 Å². The summed E-state index contributed by atoms with van der Waals surface area (Å²) in [6.07, 6.45) is 8.91. The Balaban J connectivity index is 2.00. The van der Waals surface area contributed by atoms with Gasteiger partial charge in [0.2, 0.25) is 0 Å². The normalized spacial score (nSPS) is 26.2. The molecule has 0 saturated carbocycles. The van der Waals surface area contributed by atoms with E-state index in [0.29, 0.717) is 0 Å². The Morgan fingerprint density at radius 2 is 1.86 bits per heavy atom. The van der Waals surface area contributed by atoms with Crippen LogP contribution in [0.2, 0.25) is 0 Å². The first-order valence-corrected chi connectivity index (χ1v) is 7.84. The van der Waals surface area contributed by atoms with Crippen molar-refractivity contribution in [3.63, 3.8) is 0 Å². The molecule has 0 bridgehead atoms. The average molecular weight is 284 g/mol. The van der Waals surface area contributed by atoms with Crippen LogP contribution in [0.15, 0.2) is 54.1 Å². The molecule has 1 aliphatic heterocycles. The third kappa shape index (κ3) is 2.82. The summed E-state index contributed by atoms with van der Waals surface area (Å²) in [5.41, 5.74) is 7.02. The first-order chi connectivity index (χ1) is 10.2. The van der Waals surface area contributed by atoms with Crippen LogP contribution in [-0.4, -0.2) is 24.2 Å². The Bertz CT molecular complexity index is 531. The minimum absolute atomic E-state index is 0.0711. The van der Waals surface area contributed by atoms with E-state index in [-0.39, 0.29) is 12.0 Å². The van der Waals surface area contributed by atoms with Crippen molar-refractivity contribution in [1.29, 1.82) is 0 Å². The molecule has 0 aromatic heterocycles. The maximum atomic E-state index is 11.6. The molecule has 0 amide bonds. The number of benzene rings is 1. The number of rotatable bonds is 3. The van der Waals surface area contributed by atoms with Crippen LogP contribution in [0, 0.1) is 5.92 Å². The molecule has 4 N–H and O–H groups in total. The molecule has 1 unspecified atom stereocenters. The van der Waals surface area contributed by atoms with E-state index in [1.165, 1.54) is 0 Å². The zero-order chi connectivity index (χ0) is 14.7. The van der Waals surface area contributed by atoms with E-state index in [4.69, 9.17) is 5.73 Å². The van der Waals surface area contributed by atoms with Gasteiger partial charge in [-0.05, 0) is 49.4 Å². The van der Waals surface area contributed by atoms with Gasteiger partial charge in [0.25, 0.3) is 0 Å². The molecule has 1 saturated heterocycles. The van der Waals surface area contributed by atoms with Crippen LogP contribution in [0.5, 0.6) is 0 Å². The summed E-state index contributed by atoms with van der Waals surface area (Å²) in [5, 5.41) is 15.0. The average Bonchev–Trinajstić information content (AvgIpc) is 2.56. The summed E-state index contributed by atoms with van der Waals surface area (Å²) < 4.78 is 0. The molecule has 0 radical (unpaired) electrons. The lowest BCUT2D eigenvalue weighted by atomic mass is 9.70. The Morgan fingerprint density at radius 3 is 2.48 bits per heavy atom. The Kier molecular flexibility index (Phi) is 4.24. The lowest BCUT2D eigenvalue weighted by molar-refractivity contribution is 0.00115. The van der Waals surface area contributed by atoms with Crippen molar-refractivity contribution in [3.05, 3.63) is 59.7 Å². The van der Waals surface area contributed by atoms with Gasteiger partial charge in [0.05, 0.1) is 0 Å². The fourth-order valence-corrected chi connectivity index (χ4v) is 3.49. The largest absolute Gasteiger partial charge is 0.380 e. The third-order valence-corrected chi connectivity index (χ3v) is 4.72. The molecular weight excluding hydrogens is 260 g/mol. The van der Waals surface area contributed by atoms with Crippen molar-refractivity contribution < 1.29 is 5.11 Å². The molecule has 21 heavy (non-hydrogen) atoms. The number of piperidine rings is 1. The van der Waals surface area contributed by atoms with Gasteiger partial charge >= 0.3 is 0 Å². The minimum atomic E-state index is -0.903. The minimum Gasteiger partial charge on any atom is -0.380 e. The van der Waals surface area contributed by atoms with Crippen LogP contribution in [0.3, 0.4) is 0 Å². The maximum Gasteiger partial charge on any atom is 0.117 e. The van der Waals surface area contributed by atoms with Gasteiger partial charge in [0, 0.05) is 6.04 Å². The predicted molar refractivity (Wildman–Crippen MR) is 85.7 cm³/mol. The molecule has 1 heterocycles. The summed E-state index contributed by atoms with van der Waals surface area (Å²) in [4.78, 5) is 0.